The van der Waals surface area contributed by atoms with Crippen LogP contribution in [0.3, 0.4) is 0 Å². The van der Waals surface area contributed by atoms with Crippen LogP contribution in [0.25, 0.3) is 0 Å². The SMILES string of the molecule is C=CC(=O)NCC(O)COc1ccc(C(C)(C)c2ccc(OCC(F)CF)cc2)cc1. The summed E-state index contributed by atoms with van der Waals surface area (Å²) in [5, 5.41) is 12.4. The molecule has 2 atom stereocenters. The lowest BCUT2D eigenvalue weighted by Crippen LogP contribution is -2.34. The Kier molecular flexibility index (Phi) is 9.00. The Balaban J connectivity index is 1.94. The number of hydrogen-bond donors (Lipinski definition) is 2. The van der Waals surface area contributed by atoms with Crippen LogP contribution in [0, 0.1) is 0 Å². The third-order valence-electron chi connectivity index (χ3n) is 4.89. The molecule has 168 valence electrons. The average Bonchev–Trinajstić information content (AvgIpc) is 2.80. The van der Waals surface area contributed by atoms with E-state index in [1.54, 1.807) is 12.1 Å². The van der Waals surface area contributed by atoms with Crippen LogP contribution < -0.4 is 14.8 Å². The highest BCUT2D eigenvalue weighted by atomic mass is 19.2. The molecular weight excluding hydrogens is 404 g/mol. The van der Waals surface area contributed by atoms with Gasteiger partial charge in [-0.3, -0.25) is 4.79 Å². The number of aliphatic hydroxyl groups excluding tert-OH is 1. The van der Waals surface area contributed by atoms with E-state index in [0.717, 1.165) is 17.2 Å². The van der Waals surface area contributed by atoms with E-state index in [1.165, 1.54) is 0 Å². The van der Waals surface area contributed by atoms with Crippen molar-refractivity contribution < 1.29 is 28.2 Å². The van der Waals surface area contributed by atoms with Crippen LogP contribution in [0.5, 0.6) is 11.5 Å². The van der Waals surface area contributed by atoms with Crippen LogP contribution in [-0.4, -0.2) is 49.7 Å². The van der Waals surface area contributed by atoms with Gasteiger partial charge >= 0.3 is 0 Å². The molecule has 0 spiro atoms. The molecule has 2 unspecified atom stereocenters. The number of alkyl halides is 2. The molecule has 5 nitrogen and oxygen atoms in total. The number of carbonyl (C=O) groups excluding carboxylic acids is 1. The maximum absolute atomic E-state index is 13.0. The first kappa shape index (κ1) is 24.3. The third-order valence-corrected chi connectivity index (χ3v) is 4.89. The van der Waals surface area contributed by atoms with Crippen LogP contribution in [0.1, 0.15) is 25.0 Å². The van der Waals surface area contributed by atoms with E-state index in [9.17, 15) is 18.7 Å². The first-order chi connectivity index (χ1) is 14.8. The standard InChI is InChI=1S/C24H29F2NO4/c1-4-23(29)27-14-20(28)16-31-22-11-7-18(8-12-22)24(2,3)17-5-9-21(10-6-17)30-15-19(26)13-25/h4-12,19-20,28H,1,13-16H2,2-3H3,(H,27,29). The Morgan fingerprint density at radius 3 is 2.00 bits per heavy atom. The molecule has 0 radical (unpaired) electrons. The van der Waals surface area contributed by atoms with Crippen molar-refractivity contribution in [1.29, 1.82) is 0 Å². The van der Waals surface area contributed by atoms with E-state index in [-0.39, 0.29) is 31.1 Å². The van der Waals surface area contributed by atoms with Gasteiger partial charge in [0.2, 0.25) is 5.91 Å². The van der Waals surface area contributed by atoms with Gasteiger partial charge in [0, 0.05) is 12.0 Å². The van der Waals surface area contributed by atoms with Gasteiger partial charge < -0.3 is 19.9 Å². The summed E-state index contributed by atoms with van der Waals surface area (Å²) in [4.78, 5) is 11.1. The molecule has 2 rings (SSSR count). The molecule has 1 amide bonds. The Labute approximate surface area is 181 Å². The second-order valence-corrected chi connectivity index (χ2v) is 7.65. The number of amides is 1. The van der Waals surface area contributed by atoms with Crippen LogP contribution in [0.4, 0.5) is 8.78 Å². The maximum atomic E-state index is 13.0. The number of rotatable bonds is 12. The molecule has 2 N–H and O–H groups in total. The molecule has 2 aromatic carbocycles. The lowest BCUT2D eigenvalue weighted by Gasteiger charge is -2.26. The van der Waals surface area contributed by atoms with Gasteiger partial charge in [-0.25, -0.2) is 8.78 Å². The largest absolute Gasteiger partial charge is 0.491 e. The lowest BCUT2D eigenvalue weighted by atomic mass is 9.78. The fourth-order valence-corrected chi connectivity index (χ4v) is 2.88. The normalized spacial score (nSPS) is 13.2. The summed E-state index contributed by atoms with van der Waals surface area (Å²) in [7, 11) is 0. The van der Waals surface area contributed by atoms with Gasteiger partial charge in [0.25, 0.3) is 0 Å². The lowest BCUT2D eigenvalue weighted by molar-refractivity contribution is -0.117. The predicted octanol–water partition coefficient (Wildman–Crippen LogP) is 3.74. The molecule has 0 heterocycles. The van der Waals surface area contributed by atoms with Crippen molar-refractivity contribution in [2.24, 2.45) is 0 Å². The van der Waals surface area contributed by atoms with Gasteiger partial charge in [0.05, 0.1) is 0 Å². The Morgan fingerprint density at radius 1 is 1.06 bits per heavy atom. The van der Waals surface area contributed by atoms with Gasteiger partial charge in [-0.15, -0.1) is 0 Å². The van der Waals surface area contributed by atoms with E-state index in [4.69, 9.17) is 9.47 Å². The summed E-state index contributed by atoms with van der Waals surface area (Å²) in [5.74, 6) is 0.741. The number of carbonyl (C=O) groups is 1. The molecular formula is C24H29F2NO4. The molecule has 0 aromatic heterocycles. The summed E-state index contributed by atoms with van der Waals surface area (Å²) in [5.41, 5.74) is 1.77. The molecule has 0 bridgehead atoms. The number of halogens is 2. The minimum atomic E-state index is -1.62. The van der Waals surface area contributed by atoms with Crippen LogP contribution in [-0.2, 0) is 10.2 Å². The van der Waals surface area contributed by atoms with Gasteiger partial charge in [-0.05, 0) is 41.5 Å². The number of aliphatic hydroxyl groups is 1. The first-order valence-corrected chi connectivity index (χ1v) is 10.0. The van der Waals surface area contributed by atoms with Gasteiger partial charge in [-0.1, -0.05) is 44.7 Å². The Bertz CT molecular complexity index is 838. The van der Waals surface area contributed by atoms with Crippen LogP contribution in [0.15, 0.2) is 61.2 Å². The molecule has 2 aromatic rings. The molecule has 0 aliphatic rings. The number of nitrogens with one attached hydrogen (secondary N) is 1. The van der Waals surface area contributed by atoms with E-state index >= 15 is 0 Å². The first-order valence-electron chi connectivity index (χ1n) is 10.0. The second-order valence-electron chi connectivity index (χ2n) is 7.65. The zero-order valence-electron chi connectivity index (χ0n) is 17.8. The fraction of sp³-hybridized carbons (Fsp3) is 0.375. The van der Waals surface area contributed by atoms with Crippen molar-refractivity contribution >= 4 is 5.91 Å². The van der Waals surface area contributed by atoms with E-state index < -0.39 is 19.0 Å². The molecule has 31 heavy (non-hydrogen) atoms. The maximum Gasteiger partial charge on any atom is 0.243 e. The van der Waals surface area contributed by atoms with Gasteiger partial charge in [0.1, 0.15) is 37.5 Å². The van der Waals surface area contributed by atoms with Crippen molar-refractivity contribution in [2.75, 3.05) is 26.4 Å². The predicted molar refractivity (Wildman–Crippen MR) is 116 cm³/mol. The Morgan fingerprint density at radius 2 is 1.55 bits per heavy atom. The van der Waals surface area contributed by atoms with Crippen molar-refractivity contribution in [3.8, 4) is 11.5 Å². The van der Waals surface area contributed by atoms with Crippen LogP contribution >= 0.6 is 0 Å². The zero-order chi connectivity index (χ0) is 22.9. The van der Waals surface area contributed by atoms with Crippen molar-refractivity contribution in [3.05, 3.63) is 72.3 Å². The average molecular weight is 433 g/mol. The van der Waals surface area contributed by atoms with E-state index in [0.29, 0.717) is 11.5 Å². The number of ether oxygens (including phenoxy) is 2. The monoisotopic (exact) mass is 433 g/mol. The summed E-state index contributed by atoms with van der Waals surface area (Å²) in [6.45, 7) is 6.25. The smallest absolute Gasteiger partial charge is 0.243 e. The molecule has 0 saturated carbocycles. The van der Waals surface area contributed by atoms with Crippen molar-refractivity contribution in [1.82, 2.24) is 5.32 Å². The molecule has 0 aliphatic carbocycles. The third kappa shape index (κ3) is 7.36. The summed E-state index contributed by atoms with van der Waals surface area (Å²) >= 11 is 0. The summed E-state index contributed by atoms with van der Waals surface area (Å²) in [6, 6.07) is 14.8. The fourth-order valence-electron chi connectivity index (χ4n) is 2.88. The molecule has 0 aliphatic heterocycles. The molecule has 0 fully saturated rings. The highest BCUT2D eigenvalue weighted by molar-refractivity contribution is 5.86. The number of benzene rings is 2. The van der Waals surface area contributed by atoms with Gasteiger partial charge in [0.15, 0.2) is 6.17 Å². The molecule has 0 saturated heterocycles. The highest BCUT2D eigenvalue weighted by Crippen LogP contribution is 2.33. The highest BCUT2D eigenvalue weighted by Gasteiger charge is 2.23. The summed E-state index contributed by atoms with van der Waals surface area (Å²) < 4.78 is 36.0. The minimum absolute atomic E-state index is 0.0454. The van der Waals surface area contributed by atoms with Crippen LogP contribution in [0.2, 0.25) is 0 Å². The van der Waals surface area contributed by atoms with Crippen molar-refractivity contribution in [2.45, 2.75) is 31.5 Å². The summed E-state index contributed by atoms with van der Waals surface area (Å²) in [6.07, 6.45) is -1.32. The quantitative estimate of drug-likeness (QED) is 0.501. The van der Waals surface area contributed by atoms with Gasteiger partial charge in [-0.2, -0.15) is 0 Å². The van der Waals surface area contributed by atoms with E-state index in [1.807, 2.05) is 36.4 Å². The second kappa shape index (κ2) is 11.5. The van der Waals surface area contributed by atoms with Crippen molar-refractivity contribution in [3.63, 3.8) is 0 Å². The van der Waals surface area contributed by atoms with E-state index in [2.05, 4.69) is 25.7 Å². The number of hydrogen-bond acceptors (Lipinski definition) is 4. The molecule has 7 heteroatoms. The zero-order valence-corrected chi connectivity index (χ0v) is 17.8. The minimum Gasteiger partial charge on any atom is -0.491 e. The Hall–Kier alpha value is -2.93. The topological polar surface area (TPSA) is 67.8 Å².